The van der Waals surface area contributed by atoms with Gasteiger partial charge in [0.2, 0.25) is 0 Å². The Balaban J connectivity index is 1.72. The zero-order valence-corrected chi connectivity index (χ0v) is 16.0. The van der Waals surface area contributed by atoms with Gasteiger partial charge in [-0.3, -0.25) is 14.3 Å². The van der Waals surface area contributed by atoms with Gasteiger partial charge >= 0.3 is 0 Å². The maximum atomic E-state index is 13.5. The maximum absolute atomic E-state index is 13.5. The molecule has 0 radical (unpaired) electrons. The van der Waals surface area contributed by atoms with Crippen molar-refractivity contribution in [3.8, 4) is 0 Å². The molecule has 3 rings (SSSR count). The van der Waals surface area contributed by atoms with Crippen molar-refractivity contribution in [2.45, 2.75) is 4.90 Å². The fourth-order valence-corrected chi connectivity index (χ4v) is 3.57. The summed E-state index contributed by atoms with van der Waals surface area (Å²) in [5.41, 5.74) is 5.25. The van der Waals surface area contributed by atoms with Crippen LogP contribution in [0.25, 0.3) is 0 Å². The Bertz CT molecular complexity index is 1210. The number of carbonyl (C=O) groups excluding carboxylic acids is 2. The van der Waals surface area contributed by atoms with Gasteiger partial charge in [0, 0.05) is 16.9 Å². The van der Waals surface area contributed by atoms with Crippen LogP contribution in [-0.4, -0.2) is 20.2 Å². The fourth-order valence-electron chi connectivity index (χ4n) is 2.51. The predicted octanol–water partition coefficient (Wildman–Crippen LogP) is 3.12. The van der Waals surface area contributed by atoms with Crippen molar-refractivity contribution in [1.82, 2.24) is 0 Å². The van der Waals surface area contributed by atoms with Gasteiger partial charge < -0.3 is 11.1 Å². The van der Waals surface area contributed by atoms with Crippen LogP contribution in [0.2, 0.25) is 0 Å². The van der Waals surface area contributed by atoms with Crippen molar-refractivity contribution in [3.05, 3.63) is 89.5 Å². The molecule has 0 aromatic heterocycles. The molecule has 0 aliphatic heterocycles. The number of hydrogen-bond acceptors (Lipinski definition) is 4. The van der Waals surface area contributed by atoms with E-state index in [9.17, 15) is 26.8 Å². The Labute approximate surface area is 170 Å². The van der Waals surface area contributed by atoms with Gasteiger partial charge in [-0.05, 0) is 66.7 Å². The lowest BCUT2D eigenvalue weighted by Crippen LogP contribution is -2.16. The van der Waals surface area contributed by atoms with Gasteiger partial charge in [0.05, 0.1) is 10.5 Å². The molecule has 7 nitrogen and oxygen atoms in total. The maximum Gasteiger partial charge on any atom is 0.261 e. The molecule has 0 bridgehead atoms. The van der Waals surface area contributed by atoms with Crippen LogP contribution in [0.5, 0.6) is 0 Å². The molecule has 3 aromatic carbocycles. The summed E-state index contributed by atoms with van der Waals surface area (Å²) in [5.74, 6) is -2.90. The first kappa shape index (κ1) is 20.9. The molecule has 0 saturated carbocycles. The highest BCUT2D eigenvalue weighted by molar-refractivity contribution is 7.92. The number of primary amides is 1. The summed E-state index contributed by atoms with van der Waals surface area (Å²) in [6, 6.07) is 13.2. The molecule has 0 unspecified atom stereocenters. The highest BCUT2D eigenvalue weighted by Crippen LogP contribution is 2.19. The standard InChI is InChI=1S/C20H15F2N3O4S/c21-13-3-8-16(9-4-13)30(28,29)25-14-5-1-12(2-6-14)20(27)24-15-7-10-18(22)17(11-15)19(23)26/h1-11,25H,(H2,23,26)(H,24,27). The summed E-state index contributed by atoms with van der Waals surface area (Å²) in [6.07, 6.45) is 0. The van der Waals surface area contributed by atoms with Crippen molar-refractivity contribution in [2.75, 3.05) is 10.0 Å². The summed E-state index contributed by atoms with van der Waals surface area (Å²) in [5, 5.41) is 2.49. The van der Waals surface area contributed by atoms with Crippen LogP contribution in [0.15, 0.2) is 71.6 Å². The van der Waals surface area contributed by atoms with Crippen molar-refractivity contribution in [2.24, 2.45) is 5.73 Å². The monoisotopic (exact) mass is 431 g/mol. The minimum absolute atomic E-state index is 0.118. The van der Waals surface area contributed by atoms with Crippen LogP contribution < -0.4 is 15.8 Å². The van der Waals surface area contributed by atoms with E-state index >= 15 is 0 Å². The Kier molecular flexibility index (Phi) is 5.79. The SMILES string of the molecule is NC(=O)c1cc(NC(=O)c2ccc(NS(=O)(=O)c3ccc(F)cc3)cc2)ccc1F. The van der Waals surface area contributed by atoms with Crippen molar-refractivity contribution >= 4 is 33.2 Å². The molecule has 0 spiro atoms. The van der Waals surface area contributed by atoms with Crippen molar-refractivity contribution < 1.29 is 26.8 Å². The number of nitrogens with one attached hydrogen (secondary N) is 2. The Morgan fingerprint density at radius 2 is 1.43 bits per heavy atom. The number of benzene rings is 3. The quantitative estimate of drug-likeness (QED) is 0.556. The second kappa shape index (κ2) is 8.29. The molecule has 0 atom stereocenters. The highest BCUT2D eigenvalue weighted by atomic mass is 32.2. The van der Waals surface area contributed by atoms with Gasteiger partial charge in [0.25, 0.3) is 21.8 Å². The Hall–Kier alpha value is -3.79. The van der Waals surface area contributed by atoms with Gasteiger partial charge in [-0.1, -0.05) is 0 Å². The van der Waals surface area contributed by atoms with Crippen LogP contribution >= 0.6 is 0 Å². The molecule has 30 heavy (non-hydrogen) atoms. The molecular weight excluding hydrogens is 416 g/mol. The van der Waals surface area contributed by atoms with Crippen LogP contribution in [0.3, 0.4) is 0 Å². The minimum Gasteiger partial charge on any atom is -0.366 e. The normalized spacial score (nSPS) is 11.0. The molecule has 154 valence electrons. The second-order valence-electron chi connectivity index (χ2n) is 6.15. The highest BCUT2D eigenvalue weighted by Gasteiger charge is 2.15. The Morgan fingerprint density at radius 3 is 2.03 bits per heavy atom. The van der Waals surface area contributed by atoms with Crippen LogP contribution in [0, 0.1) is 11.6 Å². The van der Waals surface area contributed by atoms with Gasteiger partial charge in [0.1, 0.15) is 11.6 Å². The molecular formula is C20H15F2N3O4S. The number of anilines is 2. The van der Waals surface area contributed by atoms with E-state index in [4.69, 9.17) is 5.73 Å². The zero-order chi connectivity index (χ0) is 21.9. The van der Waals surface area contributed by atoms with E-state index in [0.717, 1.165) is 36.4 Å². The van der Waals surface area contributed by atoms with Gasteiger partial charge in [0.15, 0.2) is 0 Å². The smallest absolute Gasteiger partial charge is 0.261 e. The fraction of sp³-hybridized carbons (Fsp3) is 0. The number of halogens is 2. The second-order valence-corrected chi connectivity index (χ2v) is 7.83. The van der Waals surface area contributed by atoms with Crippen LogP contribution in [0.1, 0.15) is 20.7 Å². The van der Waals surface area contributed by atoms with E-state index in [1.807, 2.05) is 0 Å². The zero-order valence-electron chi connectivity index (χ0n) is 15.2. The molecule has 2 amide bonds. The van der Waals surface area contributed by atoms with E-state index in [2.05, 4.69) is 10.0 Å². The van der Waals surface area contributed by atoms with E-state index in [1.54, 1.807) is 0 Å². The average Bonchev–Trinajstić information content (AvgIpc) is 2.69. The average molecular weight is 431 g/mol. The number of hydrogen-bond donors (Lipinski definition) is 3. The van der Waals surface area contributed by atoms with E-state index in [0.29, 0.717) is 0 Å². The molecule has 3 aromatic rings. The van der Waals surface area contributed by atoms with Gasteiger partial charge in [-0.15, -0.1) is 0 Å². The summed E-state index contributed by atoms with van der Waals surface area (Å²) in [7, 11) is -3.93. The number of sulfonamides is 1. The van der Waals surface area contributed by atoms with Gasteiger partial charge in [-0.2, -0.15) is 0 Å². The first-order valence-corrected chi connectivity index (χ1v) is 9.93. The van der Waals surface area contributed by atoms with Crippen molar-refractivity contribution in [1.29, 1.82) is 0 Å². The molecule has 4 N–H and O–H groups in total. The van der Waals surface area contributed by atoms with Crippen LogP contribution in [-0.2, 0) is 10.0 Å². The summed E-state index contributed by atoms with van der Waals surface area (Å²) < 4.78 is 53.4. The third-order valence-electron chi connectivity index (χ3n) is 4.01. The molecule has 0 saturated heterocycles. The molecule has 0 aliphatic rings. The topological polar surface area (TPSA) is 118 Å². The lowest BCUT2D eigenvalue weighted by atomic mass is 10.1. The first-order valence-electron chi connectivity index (χ1n) is 8.45. The number of amides is 2. The minimum atomic E-state index is -3.93. The van der Waals surface area contributed by atoms with E-state index < -0.39 is 33.5 Å². The van der Waals surface area contributed by atoms with Crippen molar-refractivity contribution in [3.63, 3.8) is 0 Å². The third-order valence-corrected chi connectivity index (χ3v) is 5.41. The van der Waals surface area contributed by atoms with E-state index in [-0.39, 0.29) is 27.4 Å². The lowest BCUT2D eigenvalue weighted by Gasteiger charge is -2.10. The lowest BCUT2D eigenvalue weighted by molar-refractivity contribution is 0.0992. The first-order chi connectivity index (χ1) is 14.2. The molecule has 0 fully saturated rings. The summed E-state index contributed by atoms with van der Waals surface area (Å²) in [6.45, 7) is 0. The summed E-state index contributed by atoms with van der Waals surface area (Å²) >= 11 is 0. The number of nitrogens with two attached hydrogens (primary N) is 1. The summed E-state index contributed by atoms with van der Waals surface area (Å²) in [4.78, 5) is 23.4. The number of rotatable bonds is 6. The number of carbonyl (C=O) groups is 2. The van der Waals surface area contributed by atoms with E-state index in [1.165, 1.54) is 30.3 Å². The third kappa shape index (κ3) is 4.78. The largest absolute Gasteiger partial charge is 0.366 e. The Morgan fingerprint density at radius 1 is 0.833 bits per heavy atom. The molecule has 0 aliphatic carbocycles. The van der Waals surface area contributed by atoms with Gasteiger partial charge in [-0.25, -0.2) is 17.2 Å². The molecule has 10 heteroatoms. The van der Waals surface area contributed by atoms with Crippen LogP contribution in [0.4, 0.5) is 20.2 Å². The molecule has 0 heterocycles. The predicted molar refractivity (Wildman–Crippen MR) is 107 cm³/mol.